The second-order valence-electron chi connectivity index (χ2n) is 13.5. The third kappa shape index (κ3) is 14.7. The highest BCUT2D eigenvalue weighted by molar-refractivity contribution is 7.48. The van der Waals surface area contributed by atoms with Gasteiger partial charge in [0.1, 0.15) is 37.4 Å². The standard InChI is InChI=1S/C37H53N2O22P/c1-9-51-31(45)36(18-55-24(7)41,32(46)52-10-2)20-58-62(50,59-21-37(19-56-25(8)42,33(47)53-11-3)34(48)54-12-4)57-17-27-26(61-29(43)14-13-23(6)40)15-28(60-27)39-16-22(5)30(44)38-35(39)49/h16,26-28H,9-15,17-21H2,1-8H3,(H,38,44,49)/t26-,27+,28+/m0/s1. The monoisotopic (exact) mass is 908 g/mol. The molecular weight excluding hydrogens is 855 g/mol. The summed E-state index contributed by atoms with van der Waals surface area (Å²) in [5, 5.41) is 0. The SMILES string of the molecule is CCOC(=O)C(COC(C)=O)(COP(=O)(OC[C@H]1O[C@@H](n2cc(C)c(=O)[nH]c2=O)C[C@@H]1OC(=O)CCC(C)=O)OCC(COC(C)=O)(C(=O)OCC)C(=O)OCC)C(=O)OCC. The number of Topliss-reactive ketones (excluding diaryl/α,β-unsaturated/α-hetero) is 1. The summed E-state index contributed by atoms with van der Waals surface area (Å²) in [6.45, 7) is 2.91. The average molecular weight is 909 g/mol. The van der Waals surface area contributed by atoms with Gasteiger partial charge in [0.05, 0.1) is 52.7 Å². The Bertz CT molecular complexity index is 1850. The van der Waals surface area contributed by atoms with Crippen LogP contribution in [0.3, 0.4) is 0 Å². The first-order valence-electron chi connectivity index (χ1n) is 19.3. The van der Waals surface area contributed by atoms with Crippen LogP contribution in [0.5, 0.6) is 0 Å². The molecule has 348 valence electrons. The van der Waals surface area contributed by atoms with E-state index in [4.69, 9.17) is 51.5 Å². The fourth-order valence-electron chi connectivity index (χ4n) is 5.35. The Labute approximate surface area is 355 Å². The van der Waals surface area contributed by atoms with Gasteiger partial charge in [-0.2, -0.15) is 0 Å². The molecule has 1 saturated heterocycles. The molecule has 1 aliphatic heterocycles. The first-order valence-corrected chi connectivity index (χ1v) is 20.8. The van der Waals surface area contributed by atoms with Gasteiger partial charge in [-0.05, 0) is 41.5 Å². The van der Waals surface area contributed by atoms with Gasteiger partial charge in [0, 0.05) is 38.4 Å². The number of ether oxygens (including phenoxy) is 8. The number of aryl methyl sites for hydroxylation is 1. The molecule has 2 rings (SSSR count). The summed E-state index contributed by atoms with van der Waals surface area (Å²) in [5.41, 5.74) is -6.96. The Morgan fingerprint density at radius 1 is 0.710 bits per heavy atom. The molecule has 62 heavy (non-hydrogen) atoms. The second kappa shape index (κ2) is 24.4. The van der Waals surface area contributed by atoms with Gasteiger partial charge >= 0.3 is 55.3 Å². The molecule has 0 saturated carbocycles. The van der Waals surface area contributed by atoms with Crippen molar-refractivity contribution >= 4 is 55.4 Å². The van der Waals surface area contributed by atoms with Crippen LogP contribution in [0.25, 0.3) is 0 Å². The average Bonchev–Trinajstić information content (AvgIpc) is 3.60. The van der Waals surface area contributed by atoms with Gasteiger partial charge in [0.2, 0.25) is 10.8 Å². The van der Waals surface area contributed by atoms with E-state index in [0.29, 0.717) is 0 Å². The Kier molecular flexibility index (Phi) is 20.8. The van der Waals surface area contributed by atoms with Crippen LogP contribution in [0.15, 0.2) is 15.8 Å². The summed E-state index contributed by atoms with van der Waals surface area (Å²) in [6, 6.07) is 0. The molecule has 0 radical (unpaired) electrons. The molecule has 1 fully saturated rings. The number of rotatable bonds is 26. The van der Waals surface area contributed by atoms with Crippen LogP contribution in [-0.4, -0.2) is 129 Å². The maximum Gasteiger partial charge on any atom is 0.474 e. The molecule has 1 aromatic rings. The molecule has 3 atom stereocenters. The molecule has 24 nitrogen and oxygen atoms in total. The lowest BCUT2D eigenvalue weighted by Crippen LogP contribution is -2.50. The number of carbonyl (C=O) groups excluding carboxylic acids is 8. The predicted octanol–water partition coefficient (Wildman–Crippen LogP) is 0.923. The molecule has 1 aromatic heterocycles. The number of phosphoric acid groups is 1. The maximum absolute atomic E-state index is 14.9. The van der Waals surface area contributed by atoms with E-state index in [9.17, 15) is 52.5 Å². The van der Waals surface area contributed by atoms with E-state index in [2.05, 4.69) is 4.98 Å². The molecule has 0 amide bonds. The van der Waals surface area contributed by atoms with Gasteiger partial charge in [0.25, 0.3) is 5.56 Å². The lowest BCUT2D eigenvalue weighted by Gasteiger charge is -2.32. The highest BCUT2D eigenvalue weighted by Gasteiger charge is 2.56. The Morgan fingerprint density at radius 3 is 1.56 bits per heavy atom. The number of hydrogen-bond donors (Lipinski definition) is 1. The molecule has 0 bridgehead atoms. The second-order valence-corrected chi connectivity index (χ2v) is 15.1. The highest BCUT2D eigenvalue weighted by Crippen LogP contribution is 2.53. The lowest BCUT2D eigenvalue weighted by atomic mass is 9.90. The number of aromatic amines is 1. The van der Waals surface area contributed by atoms with Crippen LogP contribution in [0.2, 0.25) is 0 Å². The van der Waals surface area contributed by atoms with Gasteiger partial charge in [-0.1, -0.05) is 0 Å². The fourth-order valence-corrected chi connectivity index (χ4v) is 6.66. The number of nitrogens with one attached hydrogen (secondary N) is 1. The number of aromatic nitrogens is 2. The Hall–Kier alpha value is -5.29. The number of nitrogens with zero attached hydrogens (tertiary/aromatic N) is 1. The van der Waals surface area contributed by atoms with Crippen molar-refractivity contribution < 1.29 is 94.4 Å². The van der Waals surface area contributed by atoms with Crippen LogP contribution in [0.4, 0.5) is 0 Å². The minimum atomic E-state index is -5.49. The molecule has 0 aliphatic carbocycles. The van der Waals surface area contributed by atoms with Gasteiger partial charge in [-0.25, -0.2) is 9.36 Å². The lowest BCUT2D eigenvalue weighted by molar-refractivity contribution is -0.182. The predicted molar refractivity (Wildman–Crippen MR) is 205 cm³/mol. The fraction of sp³-hybridized carbons (Fsp3) is 0.676. The molecule has 1 aliphatic rings. The van der Waals surface area contributed by atoms with E-state index in [1.807, 2.05) is 0 Å². The zero-order chi connectivity index (χ0) is 46.8. The summed E-state index contributed by atoms with van der Waals surface area (Å²) in [7, 11) is -5.49. The van der Waals surface area contributed by atoms with Crippen molar-refractivity contribution in [2.45, 2.75) is 93.1 Å². The molecule has 25 heteroatoms. The molecule has 2 heterocycles. The number of carbonyl (C=O) groups is 8. The Balaban J connectivity index is 2.77. The third-order valence-electron chi connectivity index (χ3n) is 8.64. The van der Waals surface area contributed by atoms with Gasteiger partial charge in [-0.3, -0.25) is 61.5 Å². The number of phosphoric ester groups is 1. The summed E-state index contributed by atoms with van der Waals surface area (Å²) >= 11 is 0. The molecule has 0 spiro atoms. The first-order chi connectivity index (χ1) is 29.1. The normalized spacial score (nSPS) is 16.4. The zero-order valence-electron chi connectivity index (χ0n) is 35.7. The number of hydrogen-bond acceptors (Lipinski definition) is 22. The molecular formula is C37H53N2O22P. The van der Waals surface area contributed by atoms with Crippen molar-refractivity contribution in [1.82, 2.24) is 9.55 Å². The Morgan fingerprint density at radius 2 is 1.16 bits per heavy atom. The van der Waals surface area contributed by atoms with Gasteiger partial charge in [0.15, 0.2) is 0 Å². The van der Waals surface area contributed by atoms with E-state index < -0.39 is 123 Å². The summed E-state index contributed by atoms with van der Waals surface area (Å²) in [4.78, 5) is 129. The van der Waals surface area contributed by atoms with Gasteiger partial charge < -0.3 is 42.7 Å². The van der Waals surface area contributed by atoms with E-state index in [1.165, 1.54) is 47.7 Å². The van der Waals surface area contributed by atoms with Crippen molar-refractivity contribution in [3.8, 4) is 0 Å². The van der Waals surface area contributed by atoms with E-state index >= 15 is 0 Å². The van der Waals surface area contributed by atoms with Crippen molar-refractivity contribution in [1.29, 1.82) is 0 Å². The quantitative estimate of drug-likeness (QED) is 0.0585. The van der Waals surface area contributed by atoms with Crippen LogP contribution < -0.4 is 11.2 Å². The van der Waals surface area contributed by atoms with Crippen molar-refractivity contribution in [3.05, 3.63) is 32.6 Å². The third-order valence-corrected chi connectivity index (χ3v) is 10.00. The van der Waals surface area contributed by atoms with Crippen molar-refractivity contribution in [3.63, 3.8) is 0 Å². The van der Waals surface area contributed by atoms with Crippen LogP contribution in [-0.2, 0) is 94.4 Å². The summed E-state index contributed by atoms with van der Waals surface area (Å²) in [5.74, 6) is -8.71. The van der Waals surface area contributed by atoms with Crippen LogP contribution in [0.1, 0.15) is 79.5 Å². The smallest absolute Gasteiger partial charge is 0.465 e. The van der Waals surface area contributed by atoms with Crippen LogP contribution in [0, 0.1) is 17.8 Å². The van der Waals surface area contributed by atoms with E-state index in [0.717, 1.165) is 18.4 Å². The van der Waals surface area contributed by atoms with Crippen molar-refractivity contribution in [2.24, 2.45) is 10.8 Å². The van der Waals surface area contributed by atoms with Crippen LogP contribution >= 0.6 is 7.82 Å². The topological polar surface area (TPSA) is 310 Å². The number of ketones is 1. The minimum Gasteiger partial charge on any atom is -0.465 e. The number of esters is 7. The largest absolute Gasteiger partial charge is 0.474 e. The molecule has 0 aromatic carbocycles. The maximum atomic E-state index is 14.9. The molecule has 1 N–H and O–H groups in total. The van der Waals surface area contributed by atoms with E-state index in [1.54, 1.807) is 0 Å². The summed E-state index contributed by atoms with van der Waals surface area (Å²) in [6.07, 6.45) is -3.78. The number of H-pyrrole nitrogens is 1. The zero-order valence-corrected chi connectivity index (χ0v) is 36.6. The summed E-state index contributed by atoms with van der Waals surface area (Å²) < 4.78 is 74.5. The van der Waals surface area contributed by atoms with E-state index in [-0.39, 0.29) is 57.0 Å². The van der Waals surface area contributed by atoms with Gasteiger partial charge in [-0.15, -0.1) is 0 Å². The van der Waals surface area contributed by atoms with Crippen molar-refractivity contribution in [2.75, 3.05) is 59.5 Å². The first kappa shape index (κ1) is 52.8. The highest BCUT2D eigenvalue weighted by atomic mass is 31.2. The minimum absolute atomic E-state index is 0.0927. The molecule has 0 unspecified atom stereocenters.